The van der Waals surface area contributed by atoms with Crippen LogP contribution < -0.4 is 15.1 Å². The molecule has 4 aliphatic heterocycles. The number of hydrogen-bond acceptors (Lipinski definition) is 8. The number of anilines is 2. The van der Waals surface area contributed by atoms with E-state index in [9.17, 15) is 24.0 Å². The van der Waals surface area contributed by atoms with Crippen LogP contribution in [0.5, 0.6) is 0 Å². The molecule has 1 atom stereocenters. The van der Waals surface area contributed by atoms with Gasteiger partial charge in [0.15, 0.2) is 0 Å². The molecule has 0 aliphatic carbocycles. The van der Waals surface area contributed by atoms with Gasteiger partial charge < -0.3 is 14.8 Å². The van der Waals surface area contributed by atoms with E-state index in [1.54, 1.807) is 6.20 Å². The number of carbonyl (C=O) groups excluding carboxylic acids is 5. The van der Waals surface area contributed by atoms with Gasteiger partial charge in [-0.15, -0.1) is 0 Å². The molecule has 268 valence electrons. The van der Waals surface area contributed by atoms with Crippen LogP contribution >= 0.6 is 11.6 Å². The largest absolute Gasteiger partial charge is 0.369 e. The van der Waals surface area contributed by atoms with Crippen molar-refractivity contribution >= 4 is 63.5 Å². The van der Waals surface area contributed by atoms with Gasteiger partial charge in [0.25, 0.3) is 11.8 Å². The van der Waals surface area contributed by atoms with E-state index in [0.29, 0.717) is 43.7 Å². The van der Waals surface area contributed by atoms with Crippen LogP contribution in [0.2, 0.25) is 5.02 Å². The maximum atomic E-state index is 15.4. The zero-order valence-electron chi connectivity index (χ0n) is 28.6. The number of aromatic amines is 1. The minimum atomic E-state index is -1.11. The van der Waals surface area contributed by atoms with E-state index in [1.807, 2.05) is 40.3 Å². The average Bonchev–Trinajstić information content (AvgIpc) is 3.67. The van der Waals surface area contributed by atoms with Crippen molar-refractivity contribution in [3.63, 3.8) is 0 Å². The summed E-state index contributed by atoms with van der Waals surface area (Å²) < 4.78 is 15.4. The van der Waals surface area contributed by atoms with Crippen LogP contribution in [0, 0.1) is 11.7 Å². The molecule has 0 bridgehead atoms. The SMILES string of the molecule is CCc1c[nH]c2ncc(-c3cccc(N4CCN(CC5CCN(c6cc7c(cc6F)C(=O)N(C6CCC(=O)NC6=O)C7=O)CC5)CC4=O)c3)c(Cl)c12. The predicted molar refractivity (Wildman–Crippen MR) is 193 cm³/mol. The second-order valence-corrected chi connectivity index (χ2v) is 14.3. The van der Waals surface area contributed by atoms with Crippen LogP contribution in [0.25, 0.3) is 22.2 Å². The number of benzene rings is 2. The monoisotopic (exact) mass is 725 g/mol. The molecule has 4 aromatic rings. The van der Waals surface area contributed by atoms with Crippen LogP contribution in [0.1, 0.15) is 58.9 Å². The summed E-state index contributed by atoms with van der Waals surface area (Å²) in [6.07, 6.45) is 6.11. The third-order valence-corrected chi connectivity index (χ3v) is 11.2. The number of aryl methyl sites for hydroxylation is 1. The van der Waals surface area contributed by atoms with Gasteiger partial charge in [0, 0.05) is 68.2 Å². The van der Waals surface area contributed by atoms with E-state index in [1.165, 1.54) is 6.07 Å². The van der Waals surface area contributed by atoms with Crippen LogP contribution in [0.3, 0.4) is 0 Å². The van der Waals surface area contributed by atoms with Crippen molar-refractivity contribution in [3.05, 3.63) is 76.3 Å². The Balaban J connectivity index is 0.885. The summed E-state index contributed by atoms with van der Waals surface area (Å²) in [6, 6.07) is 9.22. The molecule has 5 amide bonds. The highest BCUT2D eigenvalue weighted by atomic mass is 35.5. The number of halogens is 2. The van der Waals surface area contributed by atoms with Gasteiger partial charge >= 0.3 is 0 Å². The maximum Gasteiger partial charge on any atom is 0.262 e. The molecule has 0 spiro atoms. The number of carbonyl (C=O) groups is 5. The van der Waals surface area contributed by atoms with Crippen molar-refractivity contribution in [1.29, 1.82) is 0 Å². The van der Waals surface area contributed by atoms with Crippen molar-refractivity contribution in [2.75, 3.05) is 49.1 Å². The number of rotatable bonds is 7. The van der Waals surface area contributed by atoms with E-state index in [0.717, 1.165) is 70.2 Å². The molecule has 2 aromatic carbocycles. The smallest absolute Gasteiger partial charge is 0.262 e. The Kier molecular flexibility index (Phi) is 8.78. The molecule has 4 aliphatic rings. The van der Waals surface area contributed by atoms with Gasteiger partial charge in [-0.1, -0.05) is 30.7 Å². The Bertz CT molecular complexity index is 2160. The lowest BCUT2D eigenvalue weighted by atomic mass is 9.95. The molecule has 2 aromatic heterocycles. The lowest BCUT2D eigenvalue weighted by molar-refractivity contribution is -0.136. The summed E-state index contributed by atoms with van der Waals surface area (Å²) in [6.45, 7) is 5.47. The lowest BCUT2D eigenvalue weighted by Crippen LogP contribution is -2.54. The Morgan fingerprint density at radius 1 is 0.942 bits per heavy atom. The standard InChI is InChI=1S/C38H37ClFN7O5/c1-2-22-17-41-35-33(22)34(39)27(18-42-35)23-4-3-5-24(14-23)46-13-12-44(20-32(46)49)19-21-8-10-45(11-9-21)30-16-26-25(15-28(30)40)37(51)47(38(26)52)29-6-7-31(48)43-36(29)50/h3-5,14-18,21,29H,2,6-13,19-20H2,1H3,(H,41,42)(H,43,48,50). The van der Waals surface area contributed by atoms with Crippen molar-refractivity contribution in [2.45, 2.75) is 45.1 Å². The fraction of sp³-hybridized carbons (Fsp3) is 0.368. The van der Waals surface area contributed by atoms with E-state index in [-0.39, 0.29) is 35.6 Å². The number of H-pyrrole nitrogens is 1. The molecule has 1 unspecified atom stereocenters. The van der Waals surface area contributed by atoms with E-state index >= 15 is 4.39 Å². The van der Waals surface area contributed by atoms with Gasteiger partial charge in [0.2, 0.25) is 17.7 Å². The van der Waals surface area contributed by atoms with Crippen LogP contribution in [0.4, 0.5) is 15.8 Å². The zero-order valence-corrected chi connectivity index (χ0v) is 29.3. The molecule has 0 radical (unpaired) electrons. The number of pyridine rings is 1. The fourth-order valence-corrected chi connectivity index (χ4v) is 8.40. The predicted octanol–water partition coefficient (Wildman–Crippen LogP) is 4.55. The van der Waals surface area contributed by atoms with Crippen molar-refractivity contribution in [1.82, 2.24) is 25.1 Å². The molecule has 0 saturated carbocycles. The summed E-state index contributed by atoms with van der Waals surface area (Å²) in [5.41, 5.74) is 4.60. The van der Waals surface area contributed by atoms with Crippen LogP contribution in [-0.2, 0) is 20.8 Å². The number of hydrogen-bond donors (Lipinski definition) is 2. The molecule has 12 nitrogen and oxygen atoms in total. The Morgan fingerprint density at radius 3 is 2.44 bits per heavy atom. The van der Waals surface area contributed by atoms with Crippen molar-refractivity contribution in [3.8, 4) is 11.1 Å². The number of amides is 5. The topological polar surface area (TPSA) is 139 Å². The van der Waals surface area contributed by atoms with E-state index < -0.39 is 35.5 Å². The number of imide groups is 2. The summed E-state index contributed by atoms with van der Waals surface area (Å²) in [5, 5.41) is 3.73. The molecule has 2 N–H and O–H groups in total. The summed E-state index contributed by atoms with van der Waals surface area (Å²) >= 11 is 6.89. The highest BCUT2D eigenvalue weighted by molar-refractivity contribution is 6.38. The molecule has 14 heteroatoms. The molecule has 6 heterocycles. The number of nitrogens with one attached hydrogen (secondary N) is 2. The first-order chi connectivity index (χ1) is 25.1. The van der Waals surface area contributed by atoms with E-state index in [2.05, 4.69) is 27.1 Å². The minimum Gasteiger partial charge on any atom is -0.369 e. The third-order valence-electron chi connectivity index (χ3n) is 10.8. The highest BCUT2D eigenvalue weighted by Crippen LogP contribution is 2.37. The van der Waals surface area contributed by atoms with Gasteiger partial charge in [-0.3, -0.25) is 39.1 Å². The fourth-order valence-electron chi connectivity index (χ4n) is 8.03. The highest BCUT2D eigenvalue weighted by Gasteiger charge is 2.45. The Hall–Kier alpha value is -5.14. The van der Waals surface area contributed by atoms with Gasteiger partial charge in [-0.2, -0.15) is 0 Å². The molecular formula is C38H37ClFN7O5. The Labute approximate surface area is 303 Å². The van der Waals surface area contributed by atoms with Gasteiger partial charge in [-0.05, 0) is 67.0 Å². The van der Waals surface area contributed by atoms with E-state index in [4.69, 9.17) is 11.6 Å². The van der Waals surface area contributed by atoms with Gasteiger partial charge in [-0.25, -0.2) is 9.37 Å². The first kappa shape index (κ1) is 34.0. The summed E-state index contributed by atoms with van der Waals surface area (Å²) in [7, 11) is 0. The number of fused-ring (bicyclic) bond motifs is 2. The quantitative estimate of drug-likeness (QED) is 0.265. The second kappa shape index (κ2) is 13.4. The normalized spacial score (nSPS) is 20.3. The third kappa shape index (κ3) is 5.91. The number of nitrogens with zero attached hydrogens (tertiary/aromatic N) is 5. The molecular weight excluding hydrogens is 689 g/mol. The first-order valence-corrected chi connectivity index (χ1v) is 18.1. The summed E-state index contributed by atoms with van der Waals surface area (Å²) in [5.74, 6) is -2.85. The second-order valence-electron chi connectivity index (χ2n) is 13.9. The van der Waals surface area contributed by atoms with Gasteiger partial charge in [0.1, 0.15) is 17.5 Å². The lowest BCUT2D eigenvalue weighted by Gasteiger charge is -2.39. The zero-order chi connectivity index (χ0) is 36.3. The number of aromatic nitrogens is 2. The number of piperazine rings is 1. The maximum absolute atomic E-state index is 15.4. The van der Waals surface area contributed by atoms with Crippen molar-refractivity contribution in [2.24, 2.45) is 5.92 Å². The molecule has 3 saturated heterocycles. The van der Waals surface area contributed by atoms with Crippen molar-refractivity contribution < 1.29 is 28.4 Å². The average molecular weight is 726 g/mol. The first-order valence-electron chi connectivity index (χ1n) is 17.7. The van der Waals surface area contributed by atoms with Gasteiger partial charge in [0.05, 0.1) is 28.4 Å². The number of piperidine rings is 2. The summed E-state index contributed by atoms with van der Waals surface area (Å²) in [4.78, 5) is 78.3. The Morgan fingerprint density at radius 2 is 1.71 bits per heavy atom. The minimum absolute atomic E-state index is 0.0103. The van der Waals surface area contributed by atoms with Crippen LogP contribution in [-0.4, -0.2) is 94.6 Å². The molecule has 52 heavy (non-hydrogen) atoms. The van der Waals surface area contributed by atoms with Crippen LogP contribution in [0.15, 0.2) is 48.8 Å². The molecule has 8 rings (SSSR count). The molecule has 3 fully saturated rings.